The maximum Gasteiger partial charge on any atom is 0.143 e. The molecule has 10 aromatic carbocycles. The van der Waals surface area contributed by atoms with E-state index in [-0.39, 0.29) is 0 Å². The molecule has 0 aliphatic rings. The van der Waals surface area contributed by atoms with Crippen LogP contribution in [0.2, 0.25) is 0 Å². The van der Waals surface area contributed by atoms with E-state index in [1.165, 1.54) is 49.2 Å². The van der Waals surface area contributed by atoms with E-state index in [0.29, 0.717) is 0 Å². The summed E-state index contributed by atoms with van der Waals surface area (Å²) in [5.41, 5.74) is 12.2. The van der Waals surface area contributed by atoms with E-state index in [4.69, 9.17) is 4.42 Å². The zero-order valence-electron chi connectivity index (χ0n) is 30.6. The van der Waals surface area contributed by atoms with Crippen LogP contribution in [-0.2, 0) is 0 Å². The summed E-state index contributed by atoms with van der Waals surface area (Å²) in [6, 6.07) is 76.5. The molecule has 11 aromatic rings. The van der Waals surface area contributed by atoms with E-state index in [2.05, 4.69) is 217 Å². The first kappa shape index (κ1) is 32.0. The molecular weight excluding hydrogens is 679 g/mol. The average molecular weight is 714 g/mol. The van der Waals surface area contributed by atoms with Crippen LogP contribution in [0.3, 0.4) is 0 Å². The normalized spacial score (nSPS) is 11.6. The lowest BCUT2D eigenvalue weighted by atomic mass is 9.92. The van der Waals surface area contributed by atoms with Crippen molar-refractivity contribution in [2.75, 3.05) is 4.90 Å². The maximum atomic E-state index is 6.55. The van der Waals surface area contributed by atoms with E-state index in [0.717, 1.165) is 55.5 Å². The van der Waals surface area contributed by atoms with Gasteiger partial charge in [-0.15, -0.1) is 0 Å². The average Bonchev–Trinajstić information content (AvgIpc) is 3.67. The van der Waals surface area contributed by atoms with Crippen LogP contribution >= 0.6 is 0 Å². The van der Waals surface area contributed by atoms with Crippen molar-refractivity contribution in [1.29, 1.82) is 0 Å². The van der Waals surface area contributed by atoms with Crippen LogP contribution in [0.1, 0.15) is 0 Å². The monoisotopic (exact) mass is 713 g/mol. The van der Waals surface area contributed by atoms with Crippen LogP contribution in [0.5, 0.6) is 0 Å². The summed E-state index contributed by atoms with van der Waals surface area (Å²) in [4.78, 5) is 2.40. The molecule has 1 heterocycles. The van der Waals surface area contributed by atoms with Gasteiger partial charge in [0, 0.05) is 33.1 Å². The third-order valence-corrected chi connectivity index (χ3v) is 11.3. The van der Waals surface area contributed by atoms with Gasteiger partial charge in [0.1, 0.15) is 11.2 Å². The van der Waals surface area contributed by atoms with Gasteiger partial charge in [-0.25, -0.2) is 0 Å². The molecule has 0 atom stereocenters. The van der Waals surface area contributed by atoms with Gasteiger partial charge >= 0.3 is 0 Å². The highest BCUT2D eigenvalue weighted by molar-refractivity contribution is 6.19. The van der Waals surface area contributed by atoms with E-state index in [9.17, 15) is 0 Å². The predicted molar refractivity (Wildman–Crippen MR) is 237 cm³/mol. The molecule has 11 rings (SSSR count). The second kappa shape index (κ2) is 13.2. The van der Waals surface area contributed by atoms with E-state index >= 15 is 0 Å². The number of para-hydroxylation sites is 1. The van der Waals surface area contributed by atoms with E-state index in [1.54, 1.807) is 0 Å². The largest absolute Gasteiger partial charge is 0.455 e. The van der Waals surface area contributed by atoms with E-state index < -0.39 is 0 Å². The second-order valence-electron chi connectivity index (χ2n) is 14.4. The molecule has 0 unspecified atom stereocenters. The van der Waals surface area contributed by atoms with Gasteiger partial charge in [0.05, 0.1) is 5.69 Å². The Hall–Kier alpha value is -7.42. The lowest BCUT2D eigenvalue weighted by Gasteiger charge is -2.28. The molecule has 0 saturated carbocycles. The van der Waals surface area contributed by atoms with Crippen LogP contribution in [0.4, 0.5) is 17.1 Å². The first-order chi connectivity index (χ1) is 27.8. The molecule has 0 aliphatic heterocycles. The Bertz CT molecular complexity index is 3230. The number of hydrogen-bond donors (Lipinski definition) is 0. The molecule has 0 N–H and O–H groups in total. The molecule has 2 nitrogen and oxygen atoms in total. The molecule has 1 aromatic heterocycles. The molecular formula is C54H35NO. The minimum Gasteiger partial charge on any atom is -0.455 e. The number of fused-ring (bicyclic) bond motifs is 8. The summed E-state index contributed by atoms with van der Waals surface area (Å²) in [6.07, 6.45) is 0. The Labute approximate surface area is 325 Å². The number of benzene rings is 10. The van der Waals surface area contributed by atoms with Crippen LogP contribution in [0, 0.1) is 0 Å². The van der Waals surface area contributed by atoms with Gasteiger partial charge in [-0.05, 0) is 103 Å². The SMILES string of the molecule is c1ccc(-c2ccc(N(c3ccc(-c4cccc5oc6c7ccccc7ccc6c45)cc3)c3ccccc3-c3cc4ccccc4c4ccccc34)cc2)cc1. The van der Waals surface area contributed by atoms with Crippen LogP contribution in [-0.4, -0.2) is 0 Å². The van der Waals surface area contributed by atoms with Crippen molar-refractivity contribution in [2.24, 2.45) is 0 Å². The molecule has 0 spiro atoms. The summed E-state index contributed by atoms with van der Waals surface area (Å²) >= 11 is 0. The molecule has 56 heavy (non-hydrogen) atoms. The fraction of sp³-hybridized carbons (Fsp3) is 0. The molecule has 0 bridgehead atoms. The van der Waals surface area contributed by atoms with Gasteiger partial charge in [0.25, 0.3) is 0 Å². The molecule has 2 heteroatoms. The van der Waals surface area contributed by atoms with Crippen LogP contribution in [0.25, 0.3) is 87.6 Å². The molecule has 0 radical (unpaired) electrons. The van der Waals surface area contributed by atoms with Gasteiger partial charge in [-0.2, -0.15) is 0 Å². The number of hydrogen-bond acceptors (Lipinski definition) is 2. The molecule has 0 amide bonds. The topological polar surface area (TPSA) is 16.4 Å². The first-order valence-corrected chi connectivity index (χ1v) is 19.2. The number of furan rings is 1. The second-order valence-corrected chi connectivity index (χ2v) is 14.4. The van der Waals surface area contributed by atoms with Crippen molar-refractivity contribution in [3.63, 3.8) is 0 Å². The maximum absolute atomic E-state index is 6.55. The zero-order valence-corrected chi connectivity index (χ0v) is 30.6. The standard InChI is InChI=1S/C54H35NO/c1-2-13-36(14-3-1)37-25-30-41(31-26-37)55(51-23-11-10-21-48(51)50-35-40-16-5-6-17-43(40)46-19-8-9-20-47(46)50)42-32-27-39(28-33-42)44-22-12-24-52-53(44)49-34-29-38-15-4-7-18-45(38)54(49)56-52/h1-35H. The first-order valence-electron chi connectivity index (χ1n) is 19.2. The lowest BCUT2D eigenvalue weighted by molar-refractivity contribution is 0.673. The Morgan fingerprint density at radius 3 is 1.70 bits per heavy atom. The Morgan fingerprint density at radius 2 is 0.911 bits per heavy atom. The van der Waals surface area contributed by atoms with Crippen molar-refractivity contribution in [3.8, 4) is 33.4 Å². The lowest BCUT2D eigenvalue weighted by Crippen LogP contribution is -2.11. The van der Waals surface area contributed by atoms with Gasteiger partial charge in [0.2, 0.25) is 0 Å². The van der Waals surface area contributed by atoms with Crippen molar-refractivity contribution >= 4 is 71.3 Å². The van der Waals surface area contributed by atoms with Crippen molar-refractivity contribution in [3.05, 3.63) is 212 Å². The number of rotatable bonds is 6. The highest BCUT2D eigenvalue weighted by Gasteiger charge is 2.20. The summed E-state index contributed by atoms with van der Waals surface area (Å²) in [5.74, 6) is 0. The minimum absolute atomic E-state index is 0.898. The fourth-order valence-corrected chi connectivity index (χ4v) is 8.62. The Morgan fingerprint density at radius 1 is 0.321 bits per heavy atom. The molecule has 0 aliphatic carbocycles. The summed E-state index contributed by atoms with van der Waals surface area (Å²) < 4.78 is 6.55. The molecule has 0 fully saturated rings. The van der Waals surface area contributed by atoms with Gasteiger partial charge in [-0.1, -0.05) is 164 Å². The molecule has 0 saturated heterocycles. The summed E-state index contributed by atoms with van der Waals surface area (Å²) in [5, 5.41) is 9.58. The molecule has 262 valence electrons. The summed E-state index contributed by atoms with van der Waals surface area (Å²) in [7, 11) is 0. The minimum atomic E-state index is 0.898. The predicted octanol–water partition coefficient (Wildman–Crippen LogP) is 15.5. The number of nitrogens with zero attached hydrogens (tertiary/aromatic N) is 1. The van der Waals surface area contributed by atoms with Crippen molar-refractivity contribution in [2.45, 2.75) is 0 Å². The van der Waals surface area contributed by atoms with Gasteiger partial charge in [0.15, 0.2) is 0 Å². The number of anilines is 3. The Kier molecular flexibility index (Phi) is 7.53. The van der Waals surface area contributed by atoms with Crippen LogP contribution in [0.15, 0.2) is 217 Å². The fourth-order valence-electron chi connectivity index (χ4n) is 8.62. The van der Waals surface area contributed by atoms with E-state index in [1.807, 2.05) is 0 Å². The quantitative estimate of drug-likeness (QED) is 0.160. The van der Waals surface area contributed by atoms with Crippen LogP contribution < -0.4 is 4.90 Å². The van der Waals surface area contributed by atoms with Crippen molar-refractivity contribution < 1.29 is 4.42 Å². The Balaban J connectivity index is 1.09. The summed E-state index contributed by atoms with van der Waals surface area (Å²) in [6.45, 7) is 0. The van der Waals surface area contributed by atoms with Gasteiger partial charge < -0.3 is 9.32 Å². The third-order valence-electron chi connectivity index (χ3n) is 11.3. The third kappa shape index (κ3) is 5.26. The zero-order chi connectivity index (χ0) is 37.0. The van der Waals surface area contributed by atoms with Gasteiger partial charge in [-0.3, -0.25) is 0 Å². The highest BCUT2D eigenvalue weighted by Crippen LogP contribution is 2.46. The van der Waals surface area contributed by atoms with Crippen molar-refractivity contribution in [1.82, 2.24) is 0 Å². The highest BCUT2D eigenvalue weighted by atomic mass is 16.3. The smallest absolute Gasteiger partial charge is 0.143 e.